The summed E-state index contributed by atoms with van der Waals surface area (Å²) in [5.74, 6) is -2.18. The van der Waals surface area contributed by atoms with Gasteiger partial charge in [-0.25, -0.2) is 9.59 Å². The van der Waals surface area contributed by atoms with Crippen LogP contribution in [-0.2, 0) is 34.7 Å². The Balaban J connectivity index is 2.00. The van der Waals surface area contributed by atoms with E-state index in [2.05, 4.69) is 10.1 Å². The highest BCUT2D eigenvalue weighted by atomic mass is 19.4. The number of methoxy groups -OCH3 is 1. The fraction of sp³-hybridized carbons (Fsp3) is 0.656. The van der Waals surface area contributed by atoms with Gasteiger partial charge in [0.05, 0.1) is 36.1 Å². The van der Waals surface area contributed by atoms with Crippen LogP contribution in [0.1, 0.15) is 76.7 Å². The van der Waals surface area contributed by atoms with E-state index in [1.54, 1.807) is 27.7 Å². The molecule has 1 N–H and O–H groups in total. The number of ether oxygens (including phenoxy) is 5. The highest BCUT2D eigenvalue weighted by Gasteiger charge is 2.48. The Morgan fingerprint density at radius 3 is 2.43 bits per heavy atom. The molecule has 0 radical (unpaired) electrons. The molecule has 4 amide bonds. The van der Waals surface area contributed by atoms with E-state index in [0.29, 0.717) is 18.9 Å². The number of rotatable bonds is 12. The Kier molecular flexibility index (Phi) is 13.1. The quantitative estimate of drug-likeness (QED) is 0.246. The first kappa shape index (κ1) is 39.2. The summed E-state index contributed by atoms with van der Waals surface area (Å²) in [6.45, 7) is 9.02. The maximum absolute atomic E-state index is 14.7. The summed E-state index contributed by atoms with van der Waals surface area (Å²) in [5, 5.41) is 2.65. The van der Waals surface area contributed by atoms with Crippen molar-refractivity contribution in [1.82, 2.24) is 15.1 Å². The normalized spacial score (nSPS) is 19.8. The largest absolute Gasteiger partial charge is 0.511 e. The first-order chi connectivity index (χ1) is 23.0. The van der Waals surface area contributed by atoms with E-state index in [9.17, 15) is 37.1 Å². The highest BCUT2D eigenvalue weighted by molar-refractivity contribution is 6.05. The minimum absolute atomic E-state index is 0.0131. The lowest BCUT2D eigenvalue weighted by Gasteiger charge is -2.42. The second kappa shape index (κ2) is 16.4. The van der Waals surface area contributed by atoms with Gasteiger partial charge < -0.3 is 43.7 Å². The van der Waals surface area contributed by atoms with Crippen LogP contribution in [-0.4, -0.2) is 110 Å². The third-order valence-corrected chi connectivity index (χ3v) is 7.99. The van der Waals surface area contributed by atoms with Gasteiger partial charge in [0, 0.05) is 52.7 Å². The van der Waals surface area contributed by atoms with E-state index in [4.69, 9.17) is 18.9 Å². The van der Waals surface area contributed by atoms with Crippen LogP contribution in [0, 0.1) is 0 Å². The van der Waals surface area contributed by atoms with Crippen molar-refractivity contribution in [2.24, 2.45) is 0 Å². The zero-order valence-corrected chi connectivity index (χ0v) is 28.8. The van der Waals surface area contributed by atoms with Crippen LogP contribution < -0.4 is 15.0 Å². The smallest absolute Gasteiger partial charge is 0.473 e. The predicted molar refractivity (Wildman–Crippen MR) is 168 cm³/mol. The Labute approximate surface area is 283 Å². The second-order valence-electron chi connectivity index (χ2n) is 12.1. The number of hydrogen-bond acceptors (Lipinski definition) is 10. The summed E-state index contributed by atoms with van der Waals surface area (Å²) in [4.78, 5) is 68.1. The van der Waals surface area contributed by atoms with Gasteiger partial charge in [-0.2, -0.15) is 13.2 Å². The van der Waals surface area contributed by atoms with Crippen molar-refractivity contribution in [2.45, 2.75) is 91.0 Å². The van der Waals surface area contributed by atoms with Gasteiger partial charge in [-0.1, -0.05) is 6.92 Å². The molecular formula is C32H45F3N4O10. The van der Waals surface area contributed by atoms with Crippen molar-refractivity contribution in [3.05, 3.63) is 23.3 Å². The summed E-state index contributed by atoms with van der Waals surface area (Å²) in [6, 6.07) is 0.370. The van der Waals surface area contributed by atoms with E-state index >= 15 is 0 Å². The number of carbonyl (C=O) groups excluding carboxylic acids is 5. The molecule has 3 atom stereocenters. The summed E-state index contributed by atoms with van der Waals surface area (Å²) in [6.07, 6.45) is -7.20. The van der Waals surface area contributed by atoms with Crippen LogP contribution >= 0.6 is 0 Å². The fourth-order valence-corrected chi connectivity index (χ4v) is 5.81. The monoisotopic (exact) mass is 702 g/mol. The number of anilines is 1. The molecule has 2 heterocycles. The van der Waals surface area contributed by atoms with Crippen molar-refractivity contribution in [3.63, 3.8) is 0 Å². The van der Waals surface area contributed by atoms with Crippen molar-refractivity contribution in [1.29, 1.82) is 0 Å². The minimum atomic E-state index is -5.00. The molecule has 1 saturated heterocycles. The van der Waals surface area contributed by atoms with Gasteiger partial charge in [-0.15, -0.1) is 0 Å². The fourth-order valence-electron chi connectivity index (χ4n) is 5.81. The standard InChI is InChI=1S/C32H45F3N4O10/c1-8-26(40)36-12-14-38-24-15-22(23(32(33,34)35)16-25(24)49-31(6,18-45-7)28(38)42)27(41)39(19(3)4)21-11-10-13-37(17-21)29(43)47-20(5)48-30(44)46-9-2/h15-16,19-21H,8-14,17-18H2,1-7H3,(H,36,40)/t20?,21-,31+/m1/s1. The third-order valence-electron chi connectivity index (χ3n) is 7.99. The lowest BCUT2D eigenvalue weighted by atomic mass is 9.96. The number of carbonyl (C=O) groups is 5. The molecule has 0 aliphatic carbocycles. The van der Waals surface area contributed by atoms with Crippen molar-refractivity contribution < 1.29 is 60.8 Å². The maximum Gasteiger partial charge on any atom is 0.511 e. The summed E-state index contributed by atoms with van der Waals surface area (Å²) >= 11 is 0. The molecule has 274 valence electrons. The molecule has 17 heteroatoms. The number of likely N-dealkylation sites (tertiary alicyclic amines) is 1. The van der Waals surface area contributed by atoms with Crippen molar-refractivity contribution in [2.75, 3.05) is 51.4 Å². The van der Waals surface area contributed by atoms with Gasteiger partial charge in [0.2, 0.25) is 17.8 Å². The molecule has 1 aromatic rings. The SMILES string of the molecule is CCOC(=O)OC(C)OC(=O)N1CCC[C@@H](N(C(=O)c2cc3c(cc2C(F)(F)F)O[C@@](C)(COC)C(=O)N3CCNC(=O)CC)C(C)C)C1. The number of hydrogen-bond donors (Lipinski definition) is 1. The minimum Gasteiger partial charge on any atom is -0.473 e. The number of nitrogens with one attached hydrogen (secondary N) is 1. The van der Waals surface area contributed by atoms with Gasteiger partial charge in [0.25, 0.3) is 11.8 Å². The van der Waals surface area contributed by atoms with Crippen LogP contribution in [0.3, 0.4) is 0 Å². The number of halogens is 3. The highest BCUT2D eigenvalue weighted by Crippen LogP contribution is 2.44. The van der Waals surface area contributed by atoms with Crippen LogP contribution in [0.15, 0.2) is 12.1 Å². The van der Waals surface area contributed by atoms with Gasteiger partial charge in [-0.05, 0) is 52.7 Å². The first-order valence-electron chi connectivity index (χ1n) is 16.1. The Morgan fingerprint density at radius 2 is 1.84 bits per heavy atom. The molecule has 14 nitrogen and oxygen atoms in total. The van der Waals surface area contributed by atoms with E-state index in [0.717, 1.165) is 6.07 Å². The van der Waals surface area contributed by atoms with Crippen LogP contribution in [0.2, 0.25) is 0 Å². The molecule has 49 heavy (non-hydrogen) atoms. The molecule has 0 saturated carbocycles. The molecule has 2 aliphatic rings. The zero-order valence-electron chi connectivity index (χ0n) is 28.8. The molecular weight excluding hydrogens is 657 g/mol. The first-order valence-corrected chi connectivity index (χ1v) is 16.1. The van der Waals surface area contributed by atoms with Gasteiger partial charge >= 0.3 is 18.4 Å². The molecule has 1 fully saturated rings. The second-order valence-corrected chi connectivity index (χ2v) is 12.1. The van der Waals surface area contributed by atoms with Crippen molar-refractivity contribution >= 4 is 35.7 Å². The average molecular weight is 703 g/mol. The topological polar surface area (TPSA) is 153 Å². The number of benzene rings is 1. The van der Waals surface area contributed by atoms with Crippen LogP contribution in [0.25, 0.3) is 0 Å². The predicted octanol–water partition coefficient (Wildman–Crippen LogP) is 4.33. The van der Waals surface area contributed by atoms with E-state index < -0.39 is 65.3 Å². The van der Waals surface area contributed by atoms with Gasteiger partial charge in [0.15, 0.2) is 0 Å². The number of fused-ring (bicyclic) bond motifs is 1. The third kappa shape index (κ3) is 9.45. The molecule has 1 unspecified atom stereocenters. The average Bonchev–Trinajstić information content (AvgIpc) is 3.02. The van der Waals surface area contributed by atoms with Gasteiger partial charge in [-0.3, -0.25) is 14.4 Å². The number of amides is 4. The lowest BCUT2D eigenvalue weighted by molar-refractivity contribution is -0.140. The molecule has 0 bridgehead atoms. The van der Waals surface area contributed by atoms with E-state index in [1.807, 2.05) is 0 Å². The molecule has 2 aliphatic heterocycles. The van der Waals surface area contributed by atoms with Crippen LogP contribution in [0.4, 0.5) is 28.4 Å². The van der Waals surface area contributed by atoms with Crippen LogP contribution in [0.5, 0.6) is 5.75 Å². The molecule has 0 aromatic heterocycles. The van der Waals surface area contributed by atoms with E-state index in [-0.39, 0.29) is 63.2 Å². The van der Waals surface area contributed by atoms with Crippen molar-refractivity contribution in [3.8, 4) is 5.75 Å². The maximum atomic E-state index is 14.7. The summed E-state index contributed by atoms with van der Waals surface area (Å²) in [7, 11) is 1.32. The number of nitrogens with zero attached hydrogens (tertiary/aromatic N) is 3. The Bertz CT molecular complexity index is 1390. The lowest BCUT2D eigenvalue weighted by Crippen LogP contribution is -2.58. The Hall–Kier alpha value is -4.28. The number of piperidine rings is 1. The summed E-state index contributed by atoms with van der Waals surface area (Å²) in [5.41, 5.74) is -3.75. The molecule has 0 spiro atoms. The van der Waals surface area contributed by atoms with E-state index in [1.165, 1.54) is 35.7 Å². The van der Waals surface area contributed by atoms with Gasteiger partial charge in [0.1, 0.15) is 5.75 Å². The summed E-state index contributed by atoms with van der Waals surface area (Å²) < 4.78 is 69.7. The molecule has 3 rings (SSSR count). The molecule has 1 aromatic carbocycles. The number of alkyl halides is 3. The zero-order chi connectivity index (χ0) is 36.7. The Morgan fingerprint density at radius 1 is 1.14 bits per heavy atom.